The Morgan fingerprint density at radius 2 is 2.18 bits per heavy atom. The van der Waals surface area contributed by atoms with Gasteiger partial charge in [-0.05, 0) is 18.1 Å². The molecule has 5 heteroatoms. The molecule has 1 aromatic carbocycles. The van der Waals surface area contributed by atoms with Crippen LogP contribution in [0.4, 0.5) is 8.78 Å². The summed E-state index contributed by atoms with van der Waals surface area (Å²) >= 11 is 0. The van der Waals surface area contributed by atoms with Crippen molar-refractivity contribution in [2.24, 2.45) is 0 Å². The fraction of sp³-hybridized carbons (Fsp3) is 0.417. The van der Waals surface area contributed by atoms with Crippen molar-refractivity contribution in [3.63, 3.8) is 0 Å². The molecule has 0 spiro atoms. The van der Waals surface area contributed by atoms with Gasteiger partial charge in [0.2, 0.25) is 5.91 Å². The zero-order valence-electron chi connectivity index (χ0n) is 9.54. The summed E-state index contributed by atoms with van der Waals surface area (Å²) in [6.07, 6.45) is 0.427. The van der Waals surface area contributed by atoms with E-state index in [0.29, 0.717) is 6.42 Å². The Morgan fingerprint density at radius 1 is 1.47 bits per heavy atom. The first-order chi connectivity index (χ1) is 8.06. The van der Waals surface area contributed by atoms with Crippen LogP contribution in [0.5, 0.6) is 0 Å². The van der Waals surface area contributed by atoms with Crippen LogP contribution in [0.1, 0.15) is 18.9 Å². The molecule has 0 unspecified atom stereocenters. The van der Waals surface area contributed by atoms with E-state index in [1.165, 1.54) is 6.07 Å². The first kappa shape index (κ1) is 13.6. The van der Waals surface area contributed by atoms with Crippen LogP contribution in [-0.2, 0) is 11.2 Å². The van der Waals surface area contributed by atoms with Crippen LogP contribution < -0.4 is 5.32 Å². The first-order valence-electron chi connectivity index (χ1n) is 5.41. The third-order valence-corrected chi connectivity index (χ3v) is 2.44. The Bertz CT molecular complexity index is 392. The van der Waals surface area contributed by atoms with E-state index in [0.717, 1.165) is 12.1 Å². The van der Waals surface area contributed by atoms with Gasteiger partial charge < -0.3 is 10.4 Å². The SMILES string of the molecule is CC[C@H](CO)NC(=O)Cc1ccc(F)cc1F. The van der Waals surface area contributed by atoms with Crippen molar-refractivity contribution >= 4 is 5.91 Å². The van der Waals surface area contributed by atoms with Gasteiger partial charge in [-0.15, -0.1) is 0 Å². The van der Waals surface area contributed by atoms with Crippen LogP contribution in [0.25, 0.3) is 0 Å². The zero-order valence-corrected chi connectivity index (χ0v) is 9.54. The average molecular weight is 243 g/mol. The van der Waals surface area contributed by atoms with Gasteiger partial charge >= 0.3 is 0 Å². The highest BCUT2D eigenvalue weighted by Crippen LogP contribution is 2.10. The Labute approximate surface area is 98.5 Å². The van der Waals surface area contributed by atoms with Crippen molar-refractivity contribution in [1.29, 1.82) is 0 Å². The molecule has 0 saturated carbocycles. The van der Waals surface area contributed by atoms with E-state index in [9.17, 15) is 13.6 Å². The number of aliphatic hydroxyl groups is 1. The zero-order chi connectivity index (χ0) is 12.8. The summed E-state index contributed by atoms with van der Waals surface area (Å²) in [7, 11) is 0. The highest BCUT2D eigenvalue weighted by atomic mass is 19.1. The number of aliphatic hydroxyl groups excluding tert-OH is 1. The predicted molar refractivity (Wildman–Crippen MR) is 59.4 cm³/mol. The molecule has 0 aliphatic carbocycles. The number of amides is 1. The molecule has 2 N–H and O–H groups in total. The highest BCUT2D eigenvalue weighted by Gasteiger charge is 2.12. The Kier molecular flexibility index (Phi) is 5.03. The second-order valence-electron chi connectivity index (χ2n) is 3.77. The molecule has 1 aromatic rings. The van der Waals surface area contributed by atoms with E-state index < -0.39 is 17.5 Å². The lowest BCUT2D eigenvalue weighted by Crippen LogP contribution is -2.37. The summed E-state index contributed by atoms with van der Waals surface area (Å²) in [5, 5.41) is 11.5. The molecular formula is C12H15F2NO2. The molecule has 0 saturated heterocycles. The van der Waals surface area contributed by atoms with E-state index in [1.807, 2.05) is 6.92 Å². The molecule has 0 aliphatic heterocycles. The molecule has 0 bridgehead atoms. The standard InChI is InChI=1S/C12H15F2NO2/c1-2-10(7-16)15-12(17)5-8-3-4-9(13)6-11(8)14/h3-4,6,10,16H,2,5,7H2,1H3,(H,15,17)/t10-/m1/s1. The lowest BCUT2D eigenvalue weighted by Gasteiger charge is -2.14. The Hall–Kier alpha value is -1.49. The lowest BCUT2D eigenvalue weighted by molar-refractivity contribution is -0.121. The van der Waals surface area contributed by atoms with Crippen molar-refractivity contribution < 1.29 is 18.7 Å². The Morgan fingerprint density at radius 3 is 2.71 bits per heavy atom. The van der Waals surface area contributed by atoms with Gasteiger partial charge in [-0.3, -0.25) is 4.79 Å². The maximum atomic E-state index is 13.2. The van der Waals surface area contributed by atoms with Gasteiger partial charge in [0.1, 0.15) is 11.6 Å². The van der Waals surface area contributed by atoms with Crippen LogP contribution in [0.3, 0.4) is 0 Å². The van der Waals surface area contributed by atoms with E-state index in [2.05, 4.69) is 5.32 Å². The number of halogens is 2. The number of nitrogens with one attached hydrogen (secondary N) is 1. The summed E-state index contributed by atoms with van der Waals surface area (Å²) in [6, 6.07) is 2.76. The molecule has 0 heterocycles. The Balaban J connectivity index is 2.62. The molecule has 17 heavy (non-hydrogen) atoms. The van der Waals surface area contributed by atoms with E-state index in [4.69, 9.17) is 5.11 Å². The van der Waals surface area contributed by atoms with Crippen molar-refractivity contribution in [1.82, 2.24) is 5.32 Å². The van der Waals surface area contributed by atoms with Crippen molar-refractivity contribution in [3.05, 3.63) is 35.4 Å². The van der Waals surface area contributed by atoms with E-state index >= 15 is 0 Å². The normalized spacial score (nSPS) is 12.2. The summed E-state index contributed by atoms with van der Waals surface area (Å²) in [5.74, 6) is -1.80. The van der Waals surface area contributed by atoms with Crippen LogP contribution in [0, 0.1) is 11.6 Å². The molecule has 0 aliphatic rings. The summed E-state index contributed by atoms with van der Waals surface area (Å²) in [4.78, 5) is 11.5. The number of hydrogen-bond acceptors (Lipinski definition) is 2. The molecule has 94 valence electrons. The van der Waals surface area contributed by atoms with E-state index in [-0.39, 0.29) is 24.6 Å². The first-order valence-corrected chi connectivity index (χ1v) is 5.41. The predicted octanol–water partition coefficient (Wildman–Crippen LogP) is 1.39. The van der Waals surface area contributed by atoms with Gasteiger partial charge in [-0.2, -0.15) is 0 Å². The molecule has 1 atom stereocenters. The molecular weight excluding hydrogens is 228 g/mol. The quantitative estimate of drug-likeness (QED) is 0.821. The fourth-order valence-corrected chi connectivity index (χ4v) is 1.39. The number of carbonyl (C=O) groups is 1. The number of carbonyl (C=O) groups excluding carboxylic acids is 1. The second-order valence-corrected chi connectivity index (χ2v) is 3.77. The molecule has 1 amide bonds. The van der Waals surface area contributed by atoms with Gasteiger partial charge in [0.25, 0.3) is 0 Å². The summed E-state index contributed by atoms with van der Waals surface area (Å²) in [6.45, 7) is 1.66. The van der Waals surface area contributed by atoms with Crippen molar-refractivity contribution in [2.75, 3.05) is 6.61 Å². The summed E-state index contributed by atoms with van der Waals surface area (Å²) < 4.78 is 25.9. The van der Waals surface area contributed by atoms with Gasteiger partial charge in [-0.1, -0.05) is 13.0 Å². The largest absolute Gasteiger partial charge is 0.394 e. The maximum Gasteiger partial charge on any atom is 0.224 e. The van der Waals surface area contributed by atoms with Crippen LogP contribution in [-0.4, -0.2) is 23.7 Å². The minimum atomic E-state index is -0.739. The third-order valence-electron chi connectivity index (χ3n) is 2.44. The minimum Gasteiger partial charge on any atom is -0.394 e. The molecule has 0 radical (unpaired) electrons. The number of rotatable bonds is 5. The maximum absolute atomic E-state index is 13.2. The van der Waals surface area contributed by atoms with Crippen molar-refractivity contribution in [3.8, 4) is 0 Å². The molecule has 0 fully saturated rings. The number of hydrogen-bond donors (Lipinski definition) is 2. The van der Waals surface area contributed by atoms with Gasteiger partial charge in [-0.25, -0.2) is 8.78 Å². The smallest absolute Gasteiger partial charge is 0.224 e. The molecule has 1 rings (SSSR count). The monoisotopic (exact) mass is 243 g/mol. The van der Waals surface area contributed by atoms with Gasteiger partial charge in [0.15, 0.2) is 0 Å². The minimum absolute atomic E-state index is 0.136. The van der Waals surface area contributed by atoms with Crippen LogP contribution >= 0.6 is 0 Å². The lowest BCUT2D eigenvalue weighted by atomic mass is 10.1. The second kappa shape index (κ2) is 6.30. The highest BCUT2D eigenvalue weighted by molar-refractivity contribution is 5.78. The average Bonchev–Trinajstić information content (AvgIpc) is 2.29. The molecule has 3 nitrogen and oxygen atoms in total. The van der Waals surface area contributed by atoms with Gasteiger partial charge in [0.05, 0.1) is 19.1 Å². The fourth-order valence-electron chi connectivity index (χ4n) is 1.39. The topological polar surface area (TPSA) is 49.3 Å². The third kappa shape index (κ3) is 4.11. The van der Waals surface area contributed by atoms with Crippen LogP contribution in [0.2, 0.25) is 0 Å². The van der Waals surface area contributed by atoms with Gasteiger partial charge in [0, 0.05) is 6.07 Å². The number of benzene rings is 1. The van der Waals surface area contributed by atoms with Crippen molar-refractivity contribution in [2.45, 2.75) is 25.8 Å². The molecule has 0 aromatic heterocycles. The van der Waals surface area contributed by atoms with Crippen LogP contribution in [0.15, 0.2) is 18.2 Å². The summed E-state index contributed by atoms with van der Waals surface area (Å²) in [5.41, 5.74) is 0.136. The van der Waals surface area contributed by atoms with E-state index in [1.54, 1.807) is 0 Å².